The molecule has 1 aromatic rings. The molecule has 18 heavy (non-hydrogen) atoms. The molecule has 1 N–H and O–H groups in total. The van der Waals surface area contributed by atoms with Crippen LogP contribution in [0.25, 0.3) is 0 Å². The second-order valence-corrected chi connectivity index (χ2v) is 4.34. The van der Waals surface area contributed by atoms with Crippen molar-refractivity contribution in [2.24, 2.45) is 0 Å². The summed E-state index contributed by atoms with van der Waals surface area (Å²) < 4.78 is 4.94. The van der Waals surface area contributed by atoms with Crippen molar-refractivity contribution in [1.29, 1.82) is 0 Å². The molecule has 0 saturated carbocycles. The maximum Gasteiger partial charge on any atom is 0.227 e. The van der Waals surface area contributed by atoms with Gasteiger partial charge in [0.25, 0.3) is 0 Å². The number of carbonyl (C=O) groups excluding carboxylic acids is 1. The lowest BCUT2D eigenvalue weighted by atomic mass is 10.1. The zero-order valence-electron chi connectivity index (χ0n) is 10.4. The Morgan fingerprint density at radius 1 is 1.33 bits per heavy atom. The number of aliphatic hydroxyl groups excluding tert-OH is 1. The van der Waals surface area contributed by atoms with E-state index in [1.165, 1.54) is 0 Å². The van der Waals surface area contributed by atoms with E-state index in [9.17, 15) is 4.79 Å². The molecule has 0 spiro atoms. The molecule has 0 aliphatic rings. The van der Waals surface area contributed by atoms with Crippen molar-refractivity contribution in [3.63, 3.8) is 0 Å². The first-order valence-electron chi connectivity index (χ1n) is 5.79. The minimum Gasteiger partial charge on any atom is -0.395 e. The predicted octanol–water partition coefficient (Wildman–Crippen LogP) is 1.35. The highest BCUT2D eigenvalue weighted by Crippen LogP contribution is 2.10. The van der Waals surface area contributed by atoms with Crippen LogP contribution in [0.15, 0.2) is 24.3 Å². The molecule has 1 aromatic carbocycles. The van der Waals surface area contributed by atoms with Gasteiger partial charge in [-0.05, 0) is 17.7 Å². The average molecular weight is 272 g/mol. The molecular weight excluding hydrogens is 254 g/mol. The van der Waals surface area contributed by atoms with Crippen LogP contribution in [0, 0.1) is 0 Å². The van der Waals surface area contributed by atoms with Crippen molar-refractivity contribution in [2.75, 3.05) is 33.4 Å². The molecule has 0 fully saturated rings. The van der Waals surface area contributed by atoms with Crippen LogP contribution in [-0.4, -0.2) is 49.3 Å². The van der Waals surface area contributed by atoms with Crippen molar-refractivity contribution >= 4 is 17.5 Å². The van der Waals surface area contributed by atoms with Gasteiger partial charge in [-0.3, -0.25) is 4.79 Å². The summed E-state index contributed by atoms with van der Waals surface area (Å²) >= 11 is 5.78. The molecule has 0 atom stereocenters. The highest BCUT2D eigenvalue weighted by molar-refractivity contribution is 6.30. The Bertz CT molecular complexity index is 367. The Morgan fingerprint density at radius 2 is 2.00 bits per heavy atom. The molecule has 1 rings (SSSR count). The third-order valence-electron chi connectivity index (χ3n) is 2.56. The van der Waals surface area contributed by atoms with E-state index in [2.05, 4.69) is 0 Å². The summed E-state index contributed by atoms with van der Waals surface area (Å²) in [6, 6.07) is 7.17. The second-order valence-electron chi connectivity index (χ2n) is 3.90. The molecule has 0 radical (unpaired) electrons. The Kier molecular flexibility index (Phi) is 6.72. The summed E-state index contributed by atoms with van der Waals surface area (Å²) in [6.07, 6.45) is 0.306. The fourth-order valence-electron chi connectivity index (χ4n) is 1.57. The monoisotopic (exact) mass is 271 g/mol. The SMILES string of the molecule is COCCN(CCO)C(=O)Cc1ccc(Cl)cc1. The Hall–Kier alpha value is -1.10. The lowest BCUT2D eigenvalue weighted by molar-refractivity contribution is -0.131. The molecule has 0 aromatic heterocycles. The number of amides is 1. The third-order valence-corrected chi connectivity index (χ3v) is 2.81. The zero-order chi connectivity index (χ0) is 13.4. The highest BCUT2D eigenvalue weighted by atomic mass is 35.5. The number of hydrogen-bond acceptors (Lipinski definition) is 3. The van der Waals surface area contributed by atoms with E-state index in [4.69, 9.17) is 21.4 Å². The van der Waals surface area contributed by atoms with E-state index in [0.717, 1.165) is 5.56 Å². The lowest BCUT2D eigenvalue weighted by Gasteiger charge is -2.21. The van der Waals surface area contributed by atoms with Gasteiger partial charge in [-0.15, -0.1) is 0 Å². The molecular formula is C13H18ClNO3. The van der Waals surface area contributed by atoms with Crippen molar-refractivity contribution in [2.45, 2.75) is 6.42 Å². The van der Waals surface area contributed by atoms with Gasteiger partial charge in [0.15, 0.2) is 0 Å². The van der Waals surface area contributed by atoms with Gasteiger partial charge in [-0.25, -0.2) is 0 Å². The van der Waals surface area contributed by atoms with E-state index < -0.39 is 0 Å². The van der Waals surface area contributed by atoms with Gasteiger partial charge in [0.2, 0.25) is 5.91 Å². The molecule has 0 aliphatic carbocycles. The summed E-state index contributed by atoms with van der Waals surface area (Å²) in [5.74, 6) is -0.0246. The number of hydrogen-bond donors (Lipinski definition) is 1. The maximum absolute atomic E-state index is 12.0. The van der Waals surface area contributed by atoms with E-state index >= 15 is 0 Å². The summed E-state index contributed by atoms with van der Waals surface area (Å²) in [5, 5.41) is 9.59. The fraction of sp³-hybridized carbons (Fsp3) is 0.462. The normalized spacial score (nSPS) is 10.4. The summed E-state index contributed by atoms with van der Waals surface area (Å²) in [4.78, 5) is 13.6. The quantitative estimate of drug-likeness (QED) is 0.814. The first-order chi connectivity index (χ1) is 8.67. The van der Waals surface area contributed by atoms with Gasteiger partial charge in [0, 0.05) is 25.2 Å². The second kappa shape index (κ2) is 8.08. The molecule has 0 aliphatic heterocycles. The van der Waals surface area contributed by atoms with Crippen LogP contribution >= 0.6 is 11.6 Å². The largest absolute Gasteiger partial charge is 0.395 e. The molecule has 0 bridgehead atoms. The summed E-state index contributed by atoms with van der Waals surface area (Å²) in [6.45, 7) is 1.24. The van der Waals surface area contributed by atoms with Crippen LogP contribution < -0.4 is 0 Å². The van der Waals surface area contributed by atoms with Crippen LogP contribution in [-0.2, 0) is 16.0 Å². The molecule has 5 heteroatoms. The zero-order valence-corrected chi connectivity index (χ0v) is 11.2. The maximum atomic E-state index is 12.0. The number of halogens is 1. The first kappa shape index (κ1) is 15.0. The van der Waals surface area contributed by atoms with E-state index in [1.54, 1.807) is 24.1 Å². The molecule has 4 nitrogen and oxygen atoms in total. The third kappa shape index (κ3) is 5.04. The van der Waals surface area contributed by atoms with E-state index in [0.29, 0.717) is 31.1 Å². The Labute approximate surface area is 112 Å². The molecule has 1 amide bonds. The van der Waals surface area contributed by atoms with Crippen LogP contribution in [0.3, 0.4) is 0 Å². The van der Waals surface area contributed by atoms with Crippen LogP contribution in [0.4, 0.5) is 0 Å². The number of ether oxygens (including phenoxy) is 1. The Morgan fingerprint density at radius 3 is 2.56 bits per heavy atom. The van der Waals surface area contributed by atoms with Crippen molar-refractivity contribution < 1.29 is 14.6 Å². The van der Waals surface area contributed by atoms with Gasteiger partial charge in [0.05, 0.1) is 19.6 Å². The topological polar surface area (TPSA) is 49.8 Å². The fourth-order valence-corrected chi connectivity index (χ4v) is 1.70. The molecule has 0 heterocycles. The number of aliphatic hydroxyl groups is 1. The van der Waals surface area contributed by atoms with Crippen molar-refractivity contribution in [1.82, 2.24) is 4.90 Å². The highest BCUT2D eigenvalue weighted by Gasteiger charge is 2.13. The van der Waals surface area contributed by atoms with Crippen LogP contribution in [0.1, 0.15) is 5.56 Å². The number of nitrogens with zero attached hydrogens (tertiary/aromatic N) is 1. The lowest BCUT2D eigenvalue weighted by Crippen LogP contribution is -2.37. The average Bonchev–Trinajstić information content (AvgIpc) is 2.37. The summed E-state index contributed by atoms with van der Waals surface area (Å²) in [5.41, 5.74) is 0.907. The first-order valence-corrected chi connectivity index (χ1v) is 6.17. The van der Waals surface area contributed by atoms with Crippen molar-refractivity contribution in [3.05, 3.63) is 34.9 Å². The summed E-state index contributed by atoms with van der Waals surface area (Å²) in [7, 11) is 1.58. The Balaban J connectivity index is 2.57. The van der Waals surface area contributed by atoms with Gasteiger partial charge in [-0.1, -0.05) is 23.7 Å². The van der Waals surface area contributed by atoms with E-state index in [1.807, 2.05) is 12.1 Å². The standard InChI is InChI=1S/C13H18ClNO3/c1-18-9-7-15(6-8-16)13(17)10-11-2-4-12(14)5-3-11/h2-5,16H,6-10H2,1H3. The minimum atomic E-state index is -0.0456. The van der Waals surface area contributed by atoms with Crippen LogP contribution in [0.5, 0.6) is 0 Å². The van der Waals surface area contributed by atoms with Gasteiger partial charge in [-0.2, -0.15) is 0 Å². The van der Waals surface area contributed by atoms with Gasteiger partial charge in [0.1, 0.15) is 0 Å². The number of rotatable bonds is 7. The van der Waals surface area contributed by atoms with Crippen LogP contribution in [0.2, 0.25) is 5.02 Å². The van der Waals surface area contributed by atoms with Gasteiger partial charge >= 0.3 is 0 Å². The van der Waals surface area contributed by atoms with E-state index in [-0.39, 0.29) is 12.5 Å². The smallest absolute Gasteiger partial charge is 0.227 e. The molecule has 0 saturated heterocycles. The minimum absolute atomic E-state index is 0.0246. The molecule has 0 unspecified atom stereocenters. The van der Waals surface area contributed by atoms with Gasteiger partial charge < -0.3 is 14.7 Å². The number of methoxy groups -OCH3 is 1. The number of benzene rings is 1. The van der Waals surface area contributed by atoms with Crippen molar-refractivity contribution in [3.8, 4) is 0 Å². The number of carbonyl (C=O) groups is 1. The molecule has 100 valence electrons. The predicted molar refractivity (Wildman–Crippen MR) is 70.7 cm³/mol.